The zero-order chi connectivity index (χ0) is 13.7. The van der Waals surface area contributed by atoms with E-state index in [-0.39, 0.29) is 12.3 Å². The van der Waals surface area contributed by atoms with E-state index >= 15 is 0 Å². The van der Waals surface area contributed by atoms with E-state index in [1.165, 1.54) is 11.3 Å². The molecule has 2 rings (SSSR count). The second kappa shape index (κ2) is 6.68. The minimum Gasteiger partial charge on any atom is -0.481 e. The summed E-state index contributed by atoms with van der Waals surface area (Å²) in [4.78, 5) is 23.8. The van der Waals surface area contributed by atoms with Crippen LogP contribution in [-0.2, 0) is 14.3 Å². The van der Waals surface area contributed by atoms with Crippen LogP contribution in [0.15, 0.2) is 17.5 Å². The molecule has 2 atom stereocenters. The number of nitrogens with one attached hydrogen (secondary N) is 1. The summed E-state index contributed by atoms with van der Waals surface area (Å²) >= 11 is 1.44. The first-order chi connectivity index (χ1) is 9.16. The van der Waals surface area contributed by atoms with Gasteiger partial charge in [0, 0.05) is 11.5 Å². The van der Waals surface area contributed by atoms with E-state index < -0.39 is 18.1 Å². The van der Waals surface area contributed by atoms with E-state index in [0.717, 1.165) is 17.7 Å². The predicted molar refractivity (Wildman–Crippen MR) is 71.0 cm³/mol. The quantitative estimate of drug-likeness (QED) is 0.866. The Hall–Kier alpha value is -1.40. The van der Waals surface area contributed by atoms with Crippen LogP contribution in [0, 0.1) is 0 Å². The average molecular weight is 283 g/mol. The molecule has 1 aromatic rings. The van der Waals surface area contributed by atoms with Crippen molar-refractivity contribution in [3.05, 3.63) is 22.4 Å². The minimum atomic E-state index is -0.928. The van der Waals surface area contributed by atoms with Gasteiger partial charge in [-0.3, -0.25) is 9.59 Å². The Morgan fingerprint density at radius 2 is 2.37 bits per heavy atom. The maximum Gasteiger partial charge on any atom is 0.305 e. The Bertz CT molecular complexity index is 426. The highest BCUT2D eigenvalue weighted by molar-refractivity contribution is 7.10. The summed E-state index contributed by atoms with van der Waals surface area (Å²) < 4.78 is 5.41. The number of carbonyl (C=O) groups is 2. The Kier molecular flexibility index (Phi) is 4.93. The van der Waals surface area contributed by atoms with E-state index in [2.05, 4.69) is 5.32 Å². The molecule has 2 heterocycles. The van der Waals surface area contributed by atoms with E-state index in [9.17, 15) is 9.59 Å². The van der Waals surface area contributed by atoms with Crippen LogP contribution in [0.5, 0.6) is 0 Å². The Labute approximate surface area is 115 Å². The summed E-state index contributed by atoms with van der Waals surface area (Å²) in [5.41, 5.74) is 0. The molecular formula is C13H17NO4S. The standard InChI is InChI=1S/C13H17NO4S/c15-12(16)8-9(11-5-3-7-19-11)14-13(17)10-4-1-2-6-18-10/h3,5,7,9-10H,1-2,4,6,8H2,(H,14,17)(H,15,16)/t9-,10-/m1/s1. The molecule has 0 radical (unpaired) electrons. The Balaban J connectivity index is 1.99. The van der Waals surface area contributed by atoms with Gasteiger partial charge >= 0.3 is 5.97 Å². The molecule has 6 heteroatoms. The van der Waals surface area contributed by atoms with Crippen molar-refractivity contribution in [1.29, 1.82) is 0 Å². The third-order valence-corrected chi connectivity index (χ3v) is 4.04. The van der Waals surface area contributed by atoms with Crippen LogP contribution in [-0.4, -0.2) is 29.7 Å². The number of ether oxygens (including phenoxy) is 1. The molecular weight excluding hydrogens is 266 g/mol. The lowest BCUT2D eigenvalue weighted by atomic mass is 10.1. The summed E-state index contributed by atoms with van der Waals surface area (Å²) in [6, 6.07) is 3.20. The van der Waals surface area contributed by atoms with Gasteiger partial charge in [-0.15, -0.1) is 11.3 Å². The van der Waals surface area contributed by atoms with Crippen molar-refractivity contribution in [3.63, 3.8) is 0 Å². The molecule has 0 unspecified atom stereocenters. The highest BCUT2D eigenvalue weighted by atomic mass is 32.1. The van der Waals surface area contributed by atoms with Gasteiger partial charge in [0.05, 0.1) is 12.5 Å². The predicted octanol–water partition coefficient (Wildman–Crippen LogP) is 1.95. The minimum absolute atomic E-state index is 0.112. The molecule has 0 saturated carbocycles. The molecule has 0 aliphatic carbocycles. The van der Waals surface area contributed by atoms with Crippen LogP contribution in [0.3, 0.4) is 0 Å². The molecule has 1 aromatic heterocycles. The number of carboxylic acids is 1. The highest BCUT2D eigenvalue weighted by Gasteiger charge is 2.26. The van der Waals surface area contributed by atoms with Crippen LogP contribution < -0.4 is 5.32 Å². The first-order valence-electron chi connectivity index (χ1n) is 6.34. The summed E-state index contributed by atoms with van der Waals surface area (Å²) in [5, 5.41) is 13.6. The van der Waals surface area contributed by atoms with Crippen LogP contribution in [0.25, 0.3) is 0 Å². The van der Waals surface area contributed by atoms with Gasteiger partial charge in [-0.05, 0) is 30.7 Å². The maximum absolute atomic E-state index is 12.1. The zero-order valence-corrected chi connectivity index (χ0v) is 11.3. The fourth-order valence-corrected chi connectivity index (χ4v) is 2.88. The van der Waals surface area contributed by atoms with Crippen molar-refractivity contribution in [3.8, 4) is 0 Å². The third-order valence-electron chi connectivity index (χ3n) is 3.05. The van der Waals surface area contributed by atoms with Gasteiger partial charge < -0.3 is 15.2 Å². The van der Waals surface area contributed by atoms with Gasteiger partial charge in [-0.2, -0.15) is 0 Å². The molecule has 104 valence electrons. The number of aliphatic carboxylic acids is 1. The van der Waals surface area contributed by atoms with Crippen LogP contribution in [0.2, 0.25) is 0 Å². The molecule has 0 spiro atoms. The number of amides is 1. The monoisotopic (exact) mass is 283 g/mol. The van der Waals surface area contributed by atoms with Crippen molar-refractivity contribution in [2.75, 3.05) is 6.61 Å². The summed E-state index contributed by atoms with van der Waals surface area (Å²) in [6.45, 7) is 0.598. The number of hydrogen-bond donors (Lipinski definition) is 2. The van der Waals surface area contributed by atoms with Crippen molar-refractivity contribution in [1.82, 2.24) is 5.32 Å². The first kappa shape index (κ1) is 14.0. The fourth-order valence-electron chi connectivity index (χ4n) is 2.10. The van der Waals surface area contributed by atoms with Gasteiger partial charge in [0.1, 0.15) is 6.10 Å². The summed E-state index contributed by atoms with van der Waals surface area (Å²) in [5.74, 6) is -1.14. The molecule has 1 aliphatic heterocycles. The van der Waals surface area contributed by atoms with Gasteiger partial charge in [-0.1, -0.05) is 6.07 Å². The van der Waals surface area contributed by atoms with Gasteiger partial charge in [-0.25, -0.2) is 0 Å². The SMILES string of the molecule is O=C(O)C[C@@H](NC(=O)[C@H]1CCCCO1)c1cccs1. The lowest BCUT2D eigenvalue weighted by Gasteiger charge is -2.24. The van der Waals surface area contributed by atoms with E-state index in [1.807, 2.05) is 17.5 Å². The molecule has 5 nitrogen and oxygen atoms in total. The number of hydrogen-bond acceptors (Lipinski definition) is 4. The second-order valence-corrected chi connectivity index (χ2v) is 5.51. The van der Waals surface area contributed by atoms with Crippen LogP contribution in [0.4, 0.5) is 0 Å². The number of rotatable bonds is 5. The van der Waals surface area contributed by atoms with Gasteiger partial charge in [0.2, 0.25) is 5.91 Å². The zero-order valence-electron chi connectivity index (χ0n) is 10.5. The number of thiophene rings is 1. The lowest BCUT2D eigenvalue weighted by molar-refractivity contribution is -0.139. The van der Waals surface area contributed by atoms with Crippen molar-refractivity contribution in [2.24, 2.45) is 0 Å². The van der Waals surface area contributed by atoms with Crippen molar-refractivity contribution < 1.29 is 19.4 Å². The van der Waals surface area contributed by atoms with Crippen molar-refractivity contribution >= 4 is 23.2 Å². The van der Waals surface area contributed by atoms with E-state index in [4.69, 9.17) is 9.84 Å². The summed E-state index contributed by atoms with van der Waals surface area (Å²) in [7, 11) is 0. The number of carbonyl (C=O) groups excluding carboxylic acids is 1. The van der Waals surface area contributed by atoms with Gasteiger partial charge in [0.15, 0.2) is 0 Å². The average Bonchev–Trinajstić information content (AvgIpc) is 2.92. The Morgan fingerprint density at radius 1 is 1.53 bits per heavy atom. The third kappa shape index (κ3) is 4.04. The van der Waals surface area contributed by atoms with Gasteiger partial charge in [0.25, 0.3) is 0 Å². The largest absolute Gasteiger partial charge is 0.481 e. The molecule has 0 aromatic carbocycles. The topological polar surface area (TPSA) is 75.6 Å². The Morgan fingerprint density at radius 3 is 2.95 bits per heavy atom. The molecule has 19 heavy (non-hydrogen) atoms. The van der Waals surface area contributed by atoms with E-state index in [1.54, 1.807) is 0 Å². The molecule has 0 bridgehead atoms. The van der Waals surface area contributed by atoms with Crippen LogP contribution in [0.1, 0.15) is 36.6 Å². The number of carboxylic acid groups (broad SMARTS) is 1. The highest BCUT2D eigenvalue weighted by Crippen LogP contribution is 2.23. The first-order valence-corrected chi connectivity index (χ1v) is 7.22. The molecule has 1 aliphatic rings. The normalized spacial score (nSPS) is 20.7. The van der Waals surface area contributed by atoms with Crippen molar-refractivity contribution in [2.45, 2.75) is 37.8 Å². The second-order valence-electron chi connectivity index (χ2n) is 4.53. The fraction of sp³-hybridized carbons (Fsp3) is 0.538. The molecule has 2 N–H and O–H groups in total. The molecule has 1 saturated heterocycles. The lowest BCUT2D eigenvalue weighted by Crippen LogP contribution is -2.40. The van der Waals surface area contributed by atoms with Crippen LogP contribution >= 0.6 is 11.3 Å². The maximum atomic E-state index is 12.1. The summed E-state index contributed by atoms with van der Waals surface area (Å²) in [6.07, 6.45) is 2.10. The smallest absolute Gasteiger partial charge is 0.305 e. The molecule has 1 amide bonds. The molecule has 1 fully saturated rings. The van der Waals surface area contributed by atoms with E-state index in [0.29, 0.717) is 13.0 Å².